The molecule has 0 saturated heterocycles. The van der Waals surface area contributed by atoms with Crippen LogP contribution in [0.2, 0.25) is 0 Å². The number of aromatic nitrogens is 1. The number of carbonyl (C=O) groups excluding carboxylic acids is 1. The Hall–Kier alpha value is -1.13. The van der Waals surface area contributed by atoms with Crippen LogP contribution in [0.5, 0.6) is 0 Å². The van der Waals surface area contributed by atoms with Crippen LogP contribution in [0, 0.1) is 0 Å². The highest BCUT2D eigenvalue weighted by Crippen LogP contribution is 1.94. The van der Waals surface area contributed by atoms with Crippen LogP contribution in [0.25, 0.3) is 0 Å². The smallest absolute Gasteiger partial charge is 0.274 e. The van der Waals surface area contributed by atoms with Crippen molar-refractivity contribution in [1.29, 1.82) is 0 Å². The van der Waals surface area contributed by atoms with Crippen molar-refractivity contribution in [2.75, 3.05) is 7.11 Å². The maximum absolute atomic E-state index is 11.0. The number of amides is 1. The summed E-state index contributed by atoms with van der Waals surface area (Å²) in [5.74, 6) is -0.269. The summed E-state index contributed by atoms with van der Waals surface area (Å²) in [7, 11) is 1.39. The molecule has 1 N–H and O–H groups in total. The van der Waals surface area contributed by atoms with E-state index in [2.05, 4.69) is 15.3 Å². The molecular weight excluding hydrogens is 180 g/mol. The molecule has 1 amide bonds. The van der Waals surface area contributed by atoms with Crippen LogP contribution in [0.4, 0.5) is 0 Å². The zero-order valence-corrected chi connectivity index (χ0v) is 7.30. The minimum Gasteiger partial charge on any atom is -0.277 e. The monoisotopic (exact) mass is 188 g/mol. The summed E-state index contributed by atoms with van der Waals surface area (Å²) in [6.07, 6.45) is 3.09. The normalized spacial score (nSPS) is 8.42. The molecule has 0 aliphatic rings. The summed E-state index contributed by atoms with van der Waals surface area (Å²) in [4.78, 5) is 19.2. The molecule has 0 radical (unpaired) electrons. The maximum atomic E-state index is 11.0. The van der Waals surface area contributed by atoms with Gasteiger partial charge in [-0.25, -0.2) is 5.48 Å². The molecule has 0 aromatic carbocycles. The first kappa shape index (κ1) is 10.9. The van der Waals surface area contributed by atoms with Crippen molar-refractivity contribution in [2.45, 2.75) is 0 Å². The Morgan fingerprint density at radius 1 is 1.50 bits per heavy atom. The molecule has 1 aromatic rings. The van der Waals surface area contributed by atoms with Gasteiger partial charge in [-0.1, -0.05) is 0 Å². The van der Waals surface area contributed by atoms with Gasteiger partial charge >= 0.3 is 0 Å². The Morgan fingerprint density at radius 2 is 2.08 bits per heavy atom. The minimum atomic E-state index is -0.269. The minimum absolute atomic E-state index is 0. The van der Waals surface area contributed by atoms with E-state index in [1.165, 1.54) is 7.11 Å². The Kier molecular flexibility index (Phi) is 4.99. The lowest BCUT2D eigenvalue weighted by atomic mass is 10.3. The number of hydrogen-bond donors (Lipinski definition) is 1. The average molecular weight is 189 g/mol. The Balaban J connectivity index is 0.00000121. The van der Waals surface area contributed by atoms with Gasteiger partial charge in [-0.15, -0.1) is 12.4 Å². The number of hydrogen-bond acceptors (Lipinski definition) is 3. The topological polar surface area (TPSA) is 51.2 Å². The first-order chi connectivity index (χ1) is 5.34. The number of hydroxylamine groups is 1. The molecule has 0 fully saturated rings. The second-order valence-electron chi connectivity index (χ2n) is 1.87. The molecule has 4 nitrogen and oxygen atoms in total. The van der Waals surface area contributed by atoms with Gasteiger partial charge in [0.05, 0.1) is 7.11 Å². The molecule has 12 heavy (non-hydrogen) atoms. The fraction of sp³-hybridized carbons (Fsp3) is 0.143. The Morgan fingerprint density at radius 3 is 2.58 bits per heavy atom. The second-order valence-corrected chi connectivity index (χ2v) is 1.87. The highest BCUT2D eigenvalue weighted by atomic mass is 35.5. The lowest BCUT2D eigenvalue weighted by molar-refractivity contribution is 0.0537. The summed E-state index contributed by atoms with van der Waals surface area (Å²) in [5, 5.41) is 0. The van der Waals surface area contributed by atoms with E-state index in [1.807, 2.05) is 0 Å². The average Bonchev–Trinajstić information content (AvgIpc) is 2.07. The van der Waals surface area contributed by atoms with Crippen LogP contribution in [0.1, 0.15) is 10.4 Å². The molecule has 1 aromatic heterocycles. The third-order valence-electron chi connectivity index (χ3n) is 1.14. The third-order valence-corrected chi connectivity index (χ3v) is 1.14. The molecule has 0 spiro atoms. The number of carbonyl (C=O) groups is 1. The van der Waals surface area contributed by atoms with Crippen LogP contribution < -0.4 is 5.48 Å². The predicted molar refractivity (Wildman–Crippen MR) is 46.0 cm³/mol. The van der Waals surface area contributed by atoms with E-state index in [0.29, 0.717) is 5.56 Å². The van der Waals surface area contributed by atoms with E-state index in [9.17, 15) is 4.79 Å². The molecule has 66 valence electrons. The highest BCUT2D eigenvalue weighted by Gasteiger charge is 2.01. The van der Waals surface area contributed by atoms with Gasteiger partial charge in [-0.2, -0.15) is 0 Å². The van der Waals surface area contributed by atoms with Crippen molar-refractivity contribution < 1.29 is 9.63 Å². The fourth-order valence-corrected chi connectivity index (χ4v) is 0.655. The van der Waals surface area contributed by atoms with Crippen LogP contribution in [-0.4, -0.2) is 18.0 Å². The van der Waals surface area contributed by atoms with Gasteiger partial charge in [-0.05, 0) is 12.1 Å². The van der Waals surface area contributed by atoms with Gasteiger partial charge < -0.3 is 0 Å². The molecule has 0 aliphatic carbocycles. The van der Waals surface area contributed by atoms with Crippen LogP contribution >= 0.6 is 12.4 Å². The summed E-state index contributed by atoms with van der Waals surface area (Å²) < 4.78 is 0. The molecule has 1 rings (SSSR count). The van der Waals surface area contributed by atoms with Crippen molar-refractivity contribution in [3.63, 3.8) is 0 Å². The molecule has 0 unspecified atom stereocenters. The van der Waals surface area contributed by atoms with Gasteiger partial charge in [0.15, 0.2) is 0 Å². The Bertz CT molecular complexity index is 240. The molecule has 0 bridgehead atoms. The lowest BCUT2D eigenvalue weighted by Gasteiger charge is -1.99. The molecule has 0 saturated carbocycles. The zero-order chi connectivity index (χ0) is 8.10. The Labute approximate surface area is 76.3 Å². The summed E-state index contributed by atoms with van der Waals surface area (Å²) in [6.45, 7) is 0. The van der Waals surface area contributed by atoms with E-state index in [4.69, 9.17) is 0 Å². The highest BCUT2D eigenvalue weighted by molar-refractivity contribution is 5.93. The van der Waals surface area contributed by atoms with E-state index in [0.717, 1.165) is 0 Å². The number of rotatable bonds is 2. The number of pyridine rings is 1. The van der Waals surface area contributed by atoms with E-state index in [1.54, 1.807) is 24.5 Å². The number of nitrogens with zero attached hydrogens (tertiary/aromatic N) is 1. The molecule has 0 atom stereocenters. The van der Waals surface area contributed by atoms with E-state index >= 15 is 0 Å². The van der Waals surface area contributed by atoms with Crippen LogP contribution in [0.3, 0.4) is 0 Å². The summed E-state index contributed by atoms with van der Waals surface area (Å²) in [5.41, 5.74) is 2.72. The van der Waals surface area contributed by atoms with E-state index in [-0.39, 0.29) is 18.3 Å². The largest absolute Gasteiger partial charge is 0.277 e. The first-order valence-electron chi connectivity index (χ1n) is 3.08. The van der Waals surface area contributed by atoms with Crippen molar-refractivity contribution in [3.05, 3.63) is 30.1 Å². The van der Waals surface area contributed by atoms with Crippen LogP contribution in [0.15, 0.2) is 24.5 Å². The van der Waals surface area contributed by atoms with Gasteiger partial charge in [0.1, 0.15) is 0 Å². The van der Waals surface area contributed by atoms with Gasteiger partial charge in [0, 0.05) is 18.0 Å². The summed E-state index contributed by atoms with van der Waals surface area (Å²) in [6, 6.07) is 3.21. The quantitative estimate of drug-likeness (QED) is 0.699. The number of halogens is 1. The van der Waals surface area contributed by atoms with Crippen LogP contribution in [-0.2, 0) is 4.84 Å². The first-order valence-corrected chi connectivity index (χ1v) is 3.08. The third kappa shape index (κ3) is 2.86. The summed E-state index contributed by atoms with van der Waals surface area (Å²) >= 11 is 0. The molecule has 5 heteroatoms. The van der Waals surface area contributed by atoms with Gasteiger partial charge in [-0.3, -0.25) is 14.6 Å². The molecular formula is C7H9ClN2O2. The number of nitrogens with one attached hydrogen (secondary N) is 1. The van der Waals surface area contributed by atoms with Crippen molar-refractivity contribution in [3.8, 4) is 0 Å². The standard InChI is InChI=1S/C7H8N2O2.ClH/c1-11-9-7(10)6-2-4-8-5-3-6;/h2-5H,1H3,(H,9,10);1H. The van der Waals surface area contributed by atoms with Crippen molar-refractivity contribution in [1.82, 2.24) is 10.5 Å². The maximum Gasteiger partial charge on any atom is 0.274 e. The van der Waals surface area contributed by atoms with E-state index < -0.39 is 0 Å². The van der Waals surface area contributed by atoms with Crippen molar-refractivity contribution in [2.24, 2.45) is 0 Å². The zero-order valence-electron chi connectivity index (χ0n) is 6.48. The molecule has 1 heterocycles. The SMILES string of the molecule is CONC(=O)c1ccncc1.Cl. The van der Waals surface area contributed by atoms with Gasteiger partial charge in [0.2, 0.25) is 0 Å². The fourth-order valence-electron chi connectivity index (χ4n) is 0.655. The molecule has 0 aliphatic heterocycles. The van der Waals surface area contributed by atoms with Crippen molar-refractivity contribution >= 4 is 18.3 Å². The lowest BCUT2D eigenvalue weighted by Crippen LogP contribution is -2.21. The second kappa shape index (κ2) is 5.51. The predicted octanol–water partition coefficient (Wildman–Crippen LogP) is 0.795. The van der Waals surface area contributed by atoms with Gasteiger partial charge in [0.25, 0.3) is 5.91 Å².